The van der Waals surface area contributed by atoms with Crippen LogP contribution in [-0.2, 0) is 13.1 Å². The third kappa shape index (κ3) is 3.58. The number of nitrogens with zero attached hydrogens (tertiary/aromatic N) is 5. The second-order valence-corrected chi connectivity index (χ2v) is 6.94. The summed E-state index contributed by atoms with van der Waals surface area (Å²) in [5.74, 6) is 0.573. The van der Waals surface area contributed by atoms with Gasteiger partial charge in [-0.25, -0.2) is 9.07 Å². The quantitative estimate of drug-likeness (QED) is 0.470. The summed E-state index contributed by atoms with van der Waals surface area (Å²) in [7, 11) is 0. The summed E-state index contributed by atoms with van der Waals surface area (Å²) in [6.07, 6.45) is 3.95. The van der Waals surface area contributed by atoms with E-state index in [0.29, 0.717) is 13.1 Å². The Morgan fingerprint density at radius 1 is 0.833 bits per heavy atom. The van der Waals surface area contributed by atoms with Crippen molar-refractivity contribution in [3.8, 4) is 16.9 Å². The number of pyridine rings is 1. The van der Waals surface area contributed by atoms with Crippen LogP contribution in [0.1, 0.15) is 11.4 Å². The number of para-hydroxylation sites is 1. The minimum absolute atomic E-state index is 0.264. The Kier molecular flexibility index (Phi) is 4.78. The molecule has 5 rings (SSSR count). The standard InChI is InChI=1S/C23H19FN6/c24-19-11-9-17(10-12-19)23-18(16-30(28-23)20-6-2-1-3-7-20)14-25-15-22-27-26-21-8-4-5-13-29(21)22/h1-13,16,25H,14-15H2. The Balaban J connectivity index is 1.42. The van der Waals surface area contributed by atoms with Crippen molar-refractivity contribution in [3.63, 3.8) is 0 Å². The highest BCUT2D eigenvalue weighted by Gasteiger charge is 2.13. The van der Waals surface area contributed by atoms with Crippen molar-refractivity contribution in [3.05, 3.63) is 102 Å². The van der Waals surface area contributed by atoms with Crippen molar-refractivity contribution in [2.75, 3.05) is 0 Å². The van der Waals surface area contributed by atoms with Crippen molar-refractivity contribution >= 4 is 5.65 Å². The molecule has 0 spiro atoms. The molecule has 0 bridgehead atoms. The zero-order valence-corrected chi connectivity index (χ0v) is 16.1. The number of hydrogen-bond acceptors (Lipinski definition) is 4. The highest BCUT2D eigenvalue weighted by molar-refractivity contribution is 5.63. The van der Waals surface area contributed by atoms with Crippen LogP contribution in [0, 0.1) is 5.82 Å². The van der Waals surface area contributed by atoms with Crippen molar-refractivity contribution in [2.24, 2.45) is 0 Å². The van der Waals surface area contributed by atoms with E-state index in [1.165, 1.54) is 12.1 Å². The molecule has 1 N–H and O–H groups in total. The van der Waals surface area contributed by atoms with E-state index in [1.54, 1.807) is 12.1 Å². The van der Waals surface area contributed by atoms with Gasteiger partial charge >= 0.3 is 0 Å². The van der Waals surface area contributed by atoms with E-state index in [4.69, 9.17) is 5.10 Å². The minimum atomic E-state index is -0.264. The molecular formula is C23H19FN6. The first kappa shape index (κ1) is 18.2. The number of aromatic nitrogens is 5. The summed E-state index contributed by atoms with van der Waals surface area (Å²) in [5.41, 5.74) is 4.49. The molecule has 148 valence electrons. The molecule has 3 heterocycles. The lowest BCUT2D eigenvalue weighted by molar-refractivity contribution is 0.628. The van der Waals surface area contributed by atoms with Gasteiger partial charge in [0.15, 0.2) is 11.5 Å². The zero-order valence-electron chi connectivity index (χ0n) is 16.1. The summed E-state index contributed by atoms with van der Waals surface area (Å²) in [6.45, 7) is 1.14. The number of benzene rings is 2. The Morgan fingerprint density at radius 3 is 2.47 bits per heavy atom. The minimum Gasteiger partial charge on any atom is -0.306 e. The van der Waals surface area contributed by atoms with Crippen molar-refractivity contribution < 1.29 is 4.39 Å². The number of nitrogens with one attached hydrogen (secondary N) is 1. The molecule has 5 aromatic rings. The maximum absolute atomic E-state index is 13.4. The number of hydrogen-bond donors (Lipinski definition) is 1. The molecule has 30 heavy (non-hydrogen) atoms. The van der Waals surface area contributed by atoms with Crippen molar-refractivity contribution in [1.29, 1.82) is 0 Å². The van der Waals surface area contributed by atoms with Crippen LogP contribution in [0.25, 0.3) is 22.6 Å². The maximum Gasteiger partial charge on any atom is 0.160 e. The predicted octanol–water partition coefficient (Wildman–Crippen LogP) is 4.01. The van der Waals surface area contributed by atoms with Crippen LogP contribution in [0.4, 0.5) is 4.39 Å². The van der Waals surface area contributed by atoms with Gasteiger partial charge in [0, 0.05) is 30.1 Å². The van der Waals surface area contributed by atoms with Gasteiger partial charge < -0.3 is 5.32 Å². The highest BCUT2D eigenvalue weighted by atomic mass is 19.1. The van der Waals surface area contributed by atoms with Crippen LogP contribution in [0.15, 0.2) is 85.2 Å². The molecule has 6 nitrogen and oxygen atoms in total. The Bertz CT molecular complexity index is 1270. The van der Waals surface area contributed by atoms with Crippen LogP contribution in [0.3, 0.4) is 0 Å². The molecule has 0 amide bonds. The monoisotopic (exact) mass is 398 g/mol. The number of rotatable bonds is 6. The lowest BCUT2D eigenvalue weighted by atomic mass is 10.1. The second-order valence-electron chi connectivity index (χ2n) is 6.94. The molecule has 0 aliphatic rings. The second kappa shape index (κ2) is 7.88. The van der Waals surface area contributed by atoms with Crippen LogP contribution in [0.2, 0.25) is 0 Å². The van der Waals surface area contributed by atoms with Gasteiger partial charge in [-0.2, -0.15) is 5.10 Å². The fourth-order valence-corrected chi connectivity index (χ4v) is 3.42. The van der Waals surface area contributed by atoms with E-state index in [1.807, 2.05) is 70.0 Å². The molecule has 0 saturated heterocycles. The average molecular weight is 398 g/mol. The molecular weight excluding hydrogens is 379 g/mol. The third-order valence-electron chi connectivity index (χ3n) is 4.91. The lowest BCUT2D eigenvalue weighted by Gasteiger charge is -2.05. The number of halogens is 1. The van der Waals surface area contributed by atoms with E-state index < -0.39 is 0 Å². The third-order valence-corrected chi connectivity index (χ3v) is 4.91. The summed E-state index contributed by atoms with van der Waals surface area (Å²) in [6, 6.07) is 22.2. The lowest BCUT2D eigenvalue weighted by Crippen LogP contribution is -2.15. The van der Waals surface area contributed by atoms with Gasteiger partial charge in [-0.1, -0.05) is 24.3 Å². The highest BCUT2D eigenvalue weighted by Crippen LogP contribution is 2.24. The molecule has 7 heteroatoms. The molecule has 0 unspecified atom stereocenters. The van der Waals surface area contributed by atoms with E-state index in [9.17, 15) is 4.39 Å². The maximum atomic E-state index is 13.4. The smallest absolute Gasteiger partial charge is 0.160 e. The van der Waals surface area contributed by atoms with Gasteiger partial charge in [0.05, 0.1) is 17.9 Å². The van der Waals surface area contributed by atoms with Crippen LogP contribution >= 0.6 is 0 Å². The van der Waals surface area contributed by atoms with E-state index in [2.05, 4.69) is 15.5 Å². The average Bonchev–Trinajstić information content (AvgIpc) is 3.40. The SMILES string of the molecule is Fc1ccc(-c2nn(-c3ccccc3)cc2CNCc2nnc3ccccn23)cc1. The molecule has 0 aliphatic heterocycles. The van der Waals surface area contributed by atoms with Gasteiger partial charge in [0.2, 0.25) is 0 Å². The van der Waals surface area contributed by atoms with Crippen molar-refractivity contribution in [1.82, 2.24) is 29.7 Å². The van der Waals surface area contributed by atoms with Gasteiger partial charge in [-0.15, -0.1) is 10.2 Å². The first-order valence-corrected chi connectivity index (χ1v) is 9.67. The Morgan fingerprint density at radius 2 is 1.63 bits per heavy atom. The number of fused-ring (bicyclic) bond motifs is 1. The van der Waals surface area contributed by atoms with Crippen molar-refractivity contribution in [2.45, 2.75) is 13.1 Å². The molecule has 0 atom stereocenters. The topological polar surface area (TPSA) is 60.0 Å². The van der Waals surface area contributed by atoms with Crippen LogP contribution in [0.5, 0.6) is 0 Å². The van der Waals surface area contributed by atoms with Gasteiger partial charge in [0.25, 0.3) is 0 Å². The summed E-state index contributed by atoms with van der Waals surface area (Å²) >= 11 is 0. The van der Waals surface area contributed by atoms with Crippen LogP contribution in [-0.4, -0.2) is 24.4 Å². The van der Waals surface area contributed by atoms with Gasteiger partial charge in [-0.05, 0) is 48.5 Å². The molecule has 3 aromatic heterocycles. The summed E-state index contributed by atoms with van der Waals surface area (Å²) in [5, 5.41) is 16.6. The summed E-state index contributed by atoms with van der Waals surface area (Å²) in [4.78, 5) is 0. The molecule has 2 aromatic carbocycles. The Hall–Kier alpha value is -3.84. The summed E-state index contributed by atoms with van der Waals surface area (Å²) < 4.78 is 17.2. The first-order valence-electron chi connectivity index (χ1n) is 9.67. The molecule has 0 fully saturated rings. The molecule has 0 aliphatic carbocycles. The fraction of sp³-hybridized carbons (Fsp3) is 0.0870. The largest absolute Gasteiger partial charge is 0.306 e. The van der Waals surface area contributed by atoms with Crippen LogP contribution < -0.4 is 5.32 Å². The fourth-order valence-electron chi connectivity index (χ4n) is 3.42. The zero-order chi connectivity index (χ0) is 20.3. The van der Waals surface area contributed by atoms with E-state index >= 15 is 0 Å². The molecule has 0 saturated carbocycles. The van der Waals surface area contributed by atoms with Gasteiger partial charge in [-0.3, -0.25) is 4.40 Å². The van der Waals surface area contributed by atoms with E-state index in [0.717, 1.165) is 34.0 Å². The Labute approximate surface area is 172 Å². The normalized spacial score (nSPS) is 11.2. The molecule has 0 radical (unpaired) electrons. The predicted molar refractivity (Wildman–Crippen MR) is 112 cm³/mol. The van der Waals surface area contributed by atoms with E-state index in [-0.39, 0.29) is 5.82 Å². The first-order chi connectivity index (χ1) is 14.8. The van der Waals surface area contributed by atoms with Gasteiger partial charge in [0.1, 0.15) is 5.82 Å².